The molecular weight excluding hydrogens is 429 g/mol. The van der Waals surface area contributed by atoms with Crippen LogP contribution < -0.4 is 5.56 Å². The van der Waals surface area contributed by atoms with E-state index >= 15 is 0 Å². The molecule has 3 aromatic heterocycles. The minimum Gasteiger partial charge on any atom is -0.376 e. The highest BCUT2D eigenvalue weighted by atomic mass is 32.2. The number of fused-ring (bicyclic) bond motifs is 1. The molecule has 0 spiro atoms. The lowest BCUT2D eigenvalue weighted by Gasteiger charge is -2.14. The molecule has 0 bridgehead atoms. The van der Waals surface area contributed by atoms with Crippen LogP contribution in [0.15, 0.2) is 58.5 Å². The molecule has 0 unspecified atom stereocenters. The number of hydrogen-bond donors (Lipinski definition) is 0. The molecule has 5 rings (SSSR count). The van der Waals surface area contributed by atoms with Gasteiger partial charge in [0.1, 0.15) is 11.5 Å². The molecule has 164 valence electrons. The second-order valence-electron chi connectivity index (χ2n) is 7.79. The number of pyridine rings is 1. The van der Waals surface area contributed by atoms with Crippen LogP contribution in [-0.4, -0.2) is 36.9 Å². The molecule has 9 heteroatoms. The summed E-state index contributed by atoms with van der Waals surface area (Å²) in [5.41, 5.74) is 2.85. The molecule has 1 aliphatic rings. The van der Waals surface area contributed by atoms with Gasteiger partial charge in [-0.05, 0) is 56.2 Å². The van der Waals surface area contributed by atoms with E-state index in [0.717, 1.165) is 30.7 Å². The van der Waals surface area contributed by atoms with Gasteiger partial charge in [0.25, 0.3) is 5.56 Å². The van der Waals surface area contributed by atoms with Crippen LogP contribution in [0.1, 0.15) is 24.2 Å². The van der Waals surface area contributed by atoms with Gasteiger partial charge >= 0.3 is 0 Å². The van der Waals surface area contributed by atoms with Crippen LogP contribution in [0.3, 0.4) is 0 Å². The van der Waals surface area contributed by atoms with Crippen molar-refractivity contribution in [3.8, 4) is 11.4 Å². The second-order valence-corrected chi connectivity index (χ2v) is 8.74. The molecule has 0 saturated carbocycles. The predicted octanol–water partition coefficient (Wildman–Crippen LogP) is 3.87. The Balaban J connectivity index is 1.44. The van der Waals surface area contributed by atoms with E-state index in [1.165, 1.54) is 23.9 Å². The maximum absolute atomic E-state index is 13.4. The number of rotatable bonds is 6. The molecule has 32 heavy (non-hydrogen) atoms. The van der Waals surface area contributed by atoms with E-state index in [-0.39, 0.29) is 17.5 Å². The van der Waals surface area contributed by atoms with Gasteiger partial charge in [0.05, 0.1) is 18.3 Å². The van der Waals surface area contributed by atoms with Gasteiger partial charge in [-0.3, -0.25) is 13.8 Å². The molecule has 1 aromatic carbocycles. The average molecular weight is 452 g/mol. The van der Waals surface area contributed by atoms with Crippen molar-refractivity contribution in [2.24, 2.45) is 0 Å². The van der Waals surface area contributed by atoms with E-state index in [9.17, 15) is 9.18 Å². The van der Waals surface area contributed by atoms with Crippen LogP contribution >= 0.6 is 11.8 Å². The molecule has 4 heterocycles. The summed E-state index contributed by atoms with van der Waals surface area (Å²) in [7, 11) is 0. The number of benzene rings is 1. The molecule has 0 radical (unpaired) electrons. The highest BCUT2D eigenvalue weighted by molar-refractivity contribution is 7.98. The third-order valence-electron chi connectivity index (χ3n) is 5.51. The molecule has 0 N–H and O–H groups in total. The normalized spacial score (nSPS) is 16.1. The Morgan fingerprint density at radius 1 is 1.19 bits per heavy atom. The van der Waals surface area contributed by atoms with E-state index in [1.54, 1.807) is 22.6 Å². The van der Waals surface area contributed by atoms with Crippen LogP contribution in [0.4, 0.5) is 4.39 Å². The van der Waals surface area contributed by atoms with Crippen LogP contribution in [-0.2, 0) is 17.0 Å². The summed E-state index contributed by atoms with van der Waals surface area (Å²) < 4.78 is 22.9. The second kappa shape index (κ2) is 8.84. The first-order valence-corrected chi connectivity index (χ1v) is 11.5. The number of ether oxygens (including phenoxy) is 1. The minimum absolute atomic E-state index is 0.0935. The van der Waals surface area contributed by atoms with E-state index in [4.69, 9.17) is 4.74 Å². The van der Waals surface area contributed by atoms with Crippen molar-refractivity contribution in [1.82, 2.24) is 24.1 Å². The lowest BCUT2D eigenvalue weighted by atomic mass is 10.2. The molecule has 1 fully saturated rings. The number of thioether (sulfide) groups is 1. The average Bonchev–Trinajstić information content (AvgIpc) is 3.43. The van der Waals surface area contributed by atoms with Gasteiger partial charge in [-0.25, -0.2) is 9.37 Å². The zero-order valence-electron chi connectivity index (χ0n) is 17.6. The SMILES string of the molecule is Cc1cccc2nc(CSc3nnc(-c4ccc(F)cc4)n3C[C@@H]3CCCO3)cc(=O)n12. The van der Waals surface area contributed by atoms with Crippen molar-refractivity contribution in [3.05, 3.63) is 76.1 Å². The van der Waals surface area contributed by atoms with Gasteiger partial charge in [-0.15, -0.1) is 10.2 Å². The third kappa shape index (κ3) is 4.18. The Hall–Kier alpha value is -3.04. The molecule has 1 saturated heterocycles. The highest BCUT2D eigenvalue weighted by Gasteiger charge is 2.22. The van der Waals surface area contributed by atoms with E-state index in [0.29, 0.717) is 34.6 Å². The topological polar surface area (TPSA) is 74.3 Å². The first kappa shape index (κ1) is 20.8. The Bertz CT molecular complexity index is 1310. The van der Waals surface area contributed by atoms with Gasteiger partial charge in [0, 0.05) is 29.7 Å². The maximum atomic E-state index is 13.4. The molecule has 4 aromatic rings. The van der Waals surface area contributed by atoms with Gasteiger partial charge in [0.2, 0.25) is 0 Å². The first-order valence-electron chi connectivity index (χ1n) is 10.5. The Labute approximate surface area is 188 Å². The Morgan fingerprint density at radius 2 is 2.03 bits per heavy atom. The van der Waals surface area contributed by atoms with Gasteiger partial charge < -0.3 is 4.74 Å². The van der Waals surface area contributed by atoms with Crippen LogP contribution in [0.25, 0.3) is 17.0 Å². The summed E-state index contributed by atoms with van der Waals surface area (Å²) in [6.07, 6.45) is 2.11. The van der Waals surface area contributed by atoms with Gasteiger partial charge in [0.15, 0.2) is 11.0 Å². The summed E-state index contributed by atoms with van der Waals surface area (Å²) >= 11 is 1.47. The van der Waals surface area contributed by atoms with Crippen LogP contribution in [0, 0.1) is 12.7 Å². The van der Waals surface area contributed by atoms with E-state index in [1.807, 2.05) is 29.7 Å². The van der Waals surface area contributed by atoms with E-state index in [2.05, 4.69) is 15.2 Å². The molecule has 1 aliphatic heterocycles. The smallest absolute Gasteiger partial charge is 0.258 e. The van der Waals surface area contributed by atoms with Gasteiger partial charge in [-0.1, -0.05) is 17.8 Å². The number of hydrogen-bond acceptors (Lipinski definition) is 6. The zero-order chi connectivity index (χ0) is 22.1. The molecule has 0 amide bonds. The Kier molecular flexibility index (Phi) is 5.75. The number of aryl methyl sites for hydroxylation is 1. The fourth-order valence-corrected chi connectivity index (χ4v) is 4.78. The summed E-state index contributed by atoms with van der Waals surface area (Å²) in [6.45, 7) is 3.26. The van der Waals surface area contributed by atoms with Crippen molar-refractivity contribution in [3.63, 3.8) is 0 Å². The number of nitrogens with zero attached hydrogens (tertiary/aromatic N) is 5. The van der Waals surface area contributed by atoms with Crippen molar-refractivity contribution in [2.45, 2.75) is 43.3 Å². The fourth-order valence-electron chi connectivity index (χ4n) is 3.94. The standard InChI is InChI=1S/C23H22FN5O2S/c1-15-4-2-6-20-25-18(12-21(30)29(15)20)14-32-23-27-26-22(16-7-9-17(24)10-8-16)28(23)13-19-5-3-11-31-19/h2,4,6-10,12,19H,3,5,11,13-14H2,1H3/t19-/m0/s1. The highest BCUT2D eigenvalue weighted by Crippen LogP contribution is 2.28. The van der Waals surface area contributed by atoms with Crippen molar-refractivity contribution in [1.29, 1.82) is 0 Å². The van der Waals surface area contributed by atoms with Crippen molar-refractivity contribution < 1.29 is 9.13 Å². The lowest BCUT2D eigenvalue weighted by Crippen LogP contribution is -2.18. The van der Waals surface area contributed by atoms with Crippen LogP contribution in [0.5, 0.6) is 0 Å². The third-order valence-corrected chi connectivity index (χ3v) is 6.51. The number of aromatic nitrogens is 5. The summed E-state index contributed by atoms with van der Waals surface area (Å²) in [4.78, 5) is 17.2. The van der Waals surface area contributed by atoms with Crippen LogP contribution in [0.2, 0.25) is 0 Å². The molecular formula is C23H22FN5O2S. The molecule has 0 aliphatic carbocycles. The number of halogens is 1. The quantitative estimate of drug-likeness (QED) is 0.414. The monoisotopic (exact) mass is 451 g/mol. The zero-order valence-corrected chi connectivity index (χ0v) is 18.4. The van der Waals surface area contributed by atoms with E-state index < -0.39 is 0 Å². The predicted molar refractivity (Wildman–Crippen MR) is 120 cm³/mol. The summed E-state index contributed by atoms with van der Waals surface area (Å²) in [5.74, 6) is 0.856. The summed E-state index contributed by atoms with van der Waals surface area (Å²) in [6, 6.07) is 13.4. The molecule has 1 atom stereocenters. The lowest BCUT2D eigenvalue weighted by molar-refractivity contribution is 0.0953. The fraction of sp³-hybridized carbons (Fsp3) is 0.304. The maximum Gasteiger partial charge on any atom is 0.258 e. The van der Waals surface area contributed by atoms with Crippen molar-refractivity contribution >= 4 is 17.4 Å². The summed E-state index contributed by atoms with van der Waals surface area (Å²) in [5, 5.41) is 9.48. The minimum atomic E-state index is -0.294. The largest absolute Gasteiger partial charge is 0.376 e. The molecule has 7 nitrogen and oxygen atoms in total. The first-order chi connectivity index (χ1) is 15.6. The van der Waals surface area contributed by atoms with Crippen molar-refractivity contribution in [2.75, 3.05) is 6.61 Å². The van der Waals surface area contributed by atoms with Gasteiger partial charge in [-0.2, -0.15) is 0 Å². The Morgan fingerprint density at radius 3 is 2.81 bits per heavy atom.